The summed E-state index contributed by atoms with van der Waals surface area (Å²) in [6, 6.07) is 3.63. The summed E-state index contributed by atoms with van der Waals surface area (Å²) in [5.41, 5.74) is 2.39. The molecule has 0 aliphatic heterocycles. The van der Waals surface area contributed by atoms with Gasteiger partial charge in [-0.25, -0.2) is 9.97 Å². The predicted octanol–water partition coefficient (Wildman–Crippen LogP) is 2.17. The van der Waals surface area contributed by atoms with Gasteiger partial charge in [0, 0.05) is 5.56 Å². The molecular weight excluding hydrogens is 204 g/mol. The third kappa shape index (κ3) is 1.82. The van der Waals surface area contributed by atoms with Crippen molar-refractivity contribution >= 4 is 0 Å². The first-order valence-corrected chi connectivity index (χ1v) is 4.89. The van der Waals surface area contributed by atoms with Crippen molar-refractivity contribution in [1.82, 2.24) is 9.97 Å². The summed E-state index contributed by atoms with van der Waals surface area (Å²) in [7, 11) is 0. The van der Waals surface area contributed by atoms with E-state index < -0.39 is 0 Å². The third-order valence-electron chi connectivity index (χ3n) is 2.39. The molecule has 0 bridgehead atoms. The number of nitrogens with zero attached hydrogens (tertiary/aromatic N) is 2. The first kappa shape index (κ1) is 10.4. The van der Waals surface area contributed by atoms with Gasteiger partial charge in [-0.2, -0.15) is 0 Å². The lowest BCUT2D eigenvalue weighted by Gasteiger charge is -2.06. The van der Waals surface area contributed by atoms with Gasteiger partial charge >= 0.3 is 0 Å². The Balaban J connectivity index is 2.52. The van der Waals surface area contributed by atoms with Crippen molar-refractivity contribution in [3.05, 3.63) is 35.7 Å². The summed E-state index contributed by atoms with van der Waals surface area (Å²) in [4.78, 5) is 8.04. The van der Waals surface area contributed by atoms with E-state index in [0.29, 0.717) is 11.6 Å². The minimum absolute atomic E-state index is 0.0379. The highest BCUT2D eigenvalue weighted by molar-refractivity contribution is 5.60. The Morgan fingerprint density at radius 1 is 0.938 bits per heavy atom. The summed E-state index contributed by atoms with van der Waals surface area (Å²) in [6.07, 6.45) is 2.69. The molecule has 0 aliphatic carbocycles. The van der Waals surface area contributed by atoms with E-state index in [1.807, 2.05) is 26.0 Å². The summed E-state index contributed by atoms with van der Waals surface area (Å²) in [6.45, 7) is 3.65. The molecule has 0 fully saturated rings. The van der Waals surface area contributed by atoms with Gasteiger partial charge in [0.1, 0.15) is 5.75 Å². The van der Waals surface area contributed by atoms with Gasteiger partial charge in [-0.05, 0) is 37.1 Å². The SMILES string of the molecule is Cc1cc(-c2ncc(O)cn2)cc(C)c1O. The van der Waals surface area contributed by atoms with Crippen molar-refractivity contribution in [3.8, 4) is 22.9 Å². The van der Waals surface area contributed by atoms with Gasteiger partial charge in [-0.3, -0.25) is 0 Å². The van der Waals surface area contributed by atoms with Crippen molar-refractivity contribution < 1.29 is 10.2 Å². The quantitative estimate of drug-likeness (QED) is 0.766. The van der Waals surface area contributed by atoms with Crippen molar-refractivity contribution in [2.45, 2.75) is 13.8 Å². The molecule has 4 nitrogen and oxygen atoms in total. The molecule has 4 heteroatoms. The monoisotopic (exact) mass is 216 g/mol. The molecule has 82 valence electrons. The van der Waals surface area contributed by atoms with Crippen LogP contribution in [-0.4, -0.2) is 20.2 Å². The van der Waals surface area contributed by atoms with Gasteiger partial charge in [-0.1, -0.05) is 0 Å². The van der Waals surface area contributed by atoms with Crippen LogP contribution >= 0.6 is 0 Å². The number of phenols is 1. The lowest BCUT2D eigenvalue weighted by atomic mass is 10.1. The highest BCUT2D eigenvalue weighted by Gasteiger charge is 2.07. The maximum absolute atomic E-state index is 9.64. The number of hydrogen-bond acceptors (Lipinski definition) is 4. The molecule has 2 rings (SSSR count). The fourth-order valence-corrected chi connectivity index (χ4v) is 1.56. The van der Waals surface area contributed by atoms with Crippen molar-refractivity contribution in [1.29, 1.82) is 0 Å². The summed E-state index contributed by atoms with van der Waals surface area (Å²) >= 11 is 0. The van der Waals surface area contributed by atoms with Crippen LogP contribution in [0.1, 0.15) is 11.1 Å². The Hall–Kier alpha value is -2.10. The van der Waals surface area contributed by atoms with Gasteiger partial charge < -0.3 is 10.2 Å². The van der Waals surface area contributed by atoms with E-state index in [1.165, 1.54) is 12.4 Å². The average Bonchev–Trinajstić information content (AvgIpc) is 2.26. The fourth-order valence-electron chi connectivity index (χ4n) is 1.56. The molecule has 2 N–H and O–H groups in total. The topological polar surface area (TPSA) is 66.2 Å². The normalized spacial score (nSPS) is 10.4. The van der Waals surface area contributed by atoms with Gasteiger partial charge in [0.05, 0.1) is 12.4 Å². The van der Waals surface area contributed by atoms with Crippen molar-refractivity contribution in [3.63, 3.8) is 0 Å². The van der Waals surface area contributed by atoms with Gasteiger partial charge in [0.25, 0.3) is 0 Å². The minimum atomic E-state index is 0.0379. The van der Waals surface area contributed by atoms with E-state index >= 15 is 0 Å². The number of phenolic OH excluding ortho intramolecular Hbond substituents is 1. The van der Waals surface area contributed by atoms with E-state index in [2.05, 4.69) is 9.97 Å². The summed E-state index contributed by atoms with van der Waals surface area (Å²) in [5, 5.41) is 18.7. The molecule has 0 aliphatic rings. The zero-order valence-corrected chi connectivity index (χ0v) is 9.10. The number of benzene rings is 1. The van der Waals surface area contributed by atoms with E-state index in [0.717, 1.165) is 16.7 Å². The minimum Gasteiger partial charge on any atom is -0.507 e. The third-order valence-corrected chi connectivity index (χ3v) is 2.39. The molecule has 0 radical (unpaired) electrons. The van der Waals surface area contributed by atoms with Crippen LogP contribution in [0.15, 0.2) is 24.5 Å². The molecule has 1 aromatic carbocycles. The molecule has 0 unspecified atom stereocenters. The Kier molecular flexibility index (Phi) is 2.48. The molecular formula is C12H12N2O2. The van der Waals surface area contributed by atoms with Gasteiger partial charge in [0.2, 0.25) is 0 Å². The molecule has 0 atom stereocenters. The molecule has 0 saturated heterocycles. The Morgan fingerprint density at radius 3 is 1.94 bits per heavy atom. The molecule has 2 aromatic rings. The Morgan fingerprint density at radius 2 is 1.44 bits per heavy atom. The number of aromatic nitrogens is 2. The van der Waals surface area contributed by atoms with E-state index in [9.17, 15) is 5.11 Å². The van der Waals surface area contributed by atoms with Gasteiger partial charge in [0.15, 0.2) is 11.6 Å². The van der Waals surface area contributed by atoms with Crippen LogP contribution in [0, 0.1) is 13.8 Å². The second-order valence-electron chi connectivity index (χ2n) is 3.72. The average molecular weight is 216 g/mol. The zero-order chi connectivity index (χ0) is 11.7. The summed E-state index contributed by atoms with van der Waals surface area (Å²) in [5.74, 6) is 0.863. The largest absolute Gasteiger partial charge is 0.507 e. The van der Waals surface area contributed by atoms with Crippen LogP contribution in [0.5, 0.6) is 11.5 Å². The van der Waals surface area contributed by atoms with Crippen LogP contribution in [0.3, 0.4) is 0 Å². The second-order valence-corrected chi connectivity index (χ2v) is 3.72. The standard InChI is InChI=1S/C12H12N2O2/c1-7-3-9(4-8(2)11(7)16)12-13-5-10(15)6-14-12/h3-6,15-16H,1-2H3. The van der Waals surface area contributed by atoms with Crippen LogP contribution in [0.25, 0.3) is 11.4 Å². The number of hydrogen-bond donors (Lipinski definition) is 2. The van der Waals surface area contributed by atoms with Crippen LogP contribution in [0.2, 0.25) is 0 Å². The van der Waals surface area contributed by atoms with Crippen LogP contribution in [0.4, 0.5) is 0 Å². The first-order chi connectivity index (χ1) is 7.58. The molecule has 1 aromatic heterocycles. The lowest BCUT2D eigenvalue weighted by molar-refractivity contribution is 0.466. The molecule has 0 saturated carbocycles. The predicted molar refractivity (Wildman–Crippen MR) is 60.3 cm³/mol. The first-order valence-electron chi connectivity index (χ1n) is 4.89. The lowest BCUT2D eigenvalue weighted by Crippen LogP contribution is -1.90. The van der Waals surface area contributed by atoms with E-state index in [1.54, 1.807) is 0 Å². The van der Waals surface area contributed by atoms with Crippen molar-refractivity contribution in [2.24, 2.45) is 0 Å². The van der Waals surface area contributed by atoms with E-state index in [4.69, 9.17) is 5.11 Å². The highest BCUT2D eigenvalue weighted by Crippen LogP contribution is 2.27. The Labute approximate surface area is 93.2 Å². The Bertz CT molecular complexity index is 498. The van der Waals surface area contributed by atoms with Gasteiger partial charge in [-0.15, -0.1) is 0 Å². The van der Waals surface area contributed by atoms with Crippen molar-refractivity contribution in [2.75, 3.05) is 0 Å². The van der Waals surface area contributed by atoms with E-state index in [-0.39, 0.29) is 5.75 Å². The molecule has 0 spiro atoms. The number of aryl methyl sites for hydroxylation is 2. The maximum atomic E-state index is 9.64. The zero-order valence-electron chi connectivity index (χ0n) is 9.10. The number of aromatic hydroxyl groups is 2. The maximum Gasteiger partial charge on any atom is 0.159 e. The molecule has 0 amide bonds. The smallest absolute Gasteiger partial charge is 0.159 e. The van der Waals surface area contributed by atoms with Crippen LogP contribution < -0.4 is 0 Å². The number of rotatable bonds is 1. The van der Waals surface area contributed by atoms with Crippen LogP contribution in [-0.2, 0) is 0 Å². The summed E-state index contributed by atoms with van der Waals surface area (Å²) < 4.78 is 0. The molecule has 1 heterocycles. The molecule has 16 heavy (non-hydrogen) atoms. The second kappa shape index (κ2) is 3.81. The fraction of sp³-hybridized carbons (Fsp3) is 0.167. The highest BCUT2D eigenvalue weighted by atomic mass is 16.3.